The van der Waals surface area contributed by atoms with Crippen LogP contribution in [-0.2, 0) is 5.41 Å². The van der Waals surface area contributed by atoms with E-state index < -0.39 is 5.63 Å². The molecule has 0 aliphatic rings. The van der Waals surface area contributed by atoms with Gasteiger partial charge in [-0.15, -0.1) is 0 Å². The van der Waals surface area contributed by atoms with Crippen molar-refractivity contribution in [3.63, 3.8) is 0 Å². The van der Waals surface area contributed by atoms with Crippen molar-refractivity contribution in [2.75, 3.05) is 0 Å². The van der Waals surface area contributed by atoms with E-state index in [4.69, 9.17) is 4.42 Å². The molecule has 3 nitrogen and oxygen atoms in total. The van der Waals surface area contributed by atoms with Crippen LogP contribution >= 0.6 is 0 Å². The third-order valence-corrected chi connectivity index (χ3v) is 2.33. The molecule has 0 atom stereocenters. The van der Waals surface area contributed by atoms with Gasteiger partial charge in [0, 0.05) is 6.07 Å². The number of fused-ring (bicyclic) bond motifs is 1. The molecule has 0 saturated heterocycles. The molecule has 1 aromatic heterocycles. The molecule has 0 radical (unpaired) electrons. The van der Waals surface area contributed by atoms with Gasteiger partial charge in [-0.1, -0.05) is 0 Å². The Morgan fingerprint density at radius 1 is 1.31 bits per heavy atom. The number of H-pyrrole nitrogens is 1. The average Bonchev–Trinajstić information content (AvgIpc) is 2.15. The maximum atomic E-state index is 13.0. The summed E-state index contributed by atoms with van der Waals surface area (Å²) in [5.74, 6) is 0.0600. The first-order valence-electron chi connectivity index (χ1n) is 5.04. The fraction of sp³-hybridized carbons (Fsp3) is 0.333. The number of rotatable bonds is 0. The Balaban J connectivity index is 2.80. The average molecular weight is 222 g/mol. The van der Waals surface area contributed by atoms with Gasteiger partial charge in [0.2, 0.25) is 5.52 Å². The lowest BCUT2D eigenvalue weighted by Crippen LogP contribution is -2.28. The highest BCUT2D eigenvalue weighted by atomic mass is 19.1. The van der Waals surface area contributed by atoms with Crippen LogP contribution in [0.4, 0.5) is 4.39 Å². The van der Waals surface area contributed by atoms with Crippen molar-refractivity contribution in [3.8, 4) is 0 Å². The standard InChI is InChI=1S/C12H12FNO2/c1-12(2,3)11-14-9-6-7(13)4-5-8(9)10(15)16-11/h4-6H,1-3H3/p+1. The number of aromatic nitrogens is 1. The van der Waals surface area contributed by atoms with Gasteiger partial charge in [-0.05, 0) is 32.9 Å². The van der Waals surface area contributed by atoms with Gasteiger partial charge in [0.1, 0.15) is 11.2 Å². The normalized spacial score (nSPS) is 12.0. The molecule has 2 rings (SSSR count). The first-order valence-corrected chi connectivity index (χ1v) is 5.04. The first-order chi connectivity index (χ1) is 7.38. The molecule has 0 spiro atoms. The molecule has 0 unspecified atom stereocenters. The lowest BCUT2D eigenvalue weighted by atomic mass is 9.97. The second-order valence-electron chi connectivity index (χ2n) is 4.78. The van der Waals surface area contributed by atoms with Gasteiger partial charge in [-0.3, -0.25) is 0 Å². The summed E-state index contributed by atoms with van der Waals surface area (Å²) in [4.78, 5) is 14.6. The van der Waals surface area contributed by atoms with E-state index in [0.717, 1.165) is 0 Å². The predicted octanol–water partition coefficient (Wildman–Crippen LogP) is 2.04. The summed E-state index contributed by atoms with van der Waals surface area (Å²) < 4.78 is 18.2. The molecule has 4 heteroatoms. The molecular formula is C12H13FNO2+. The van der Waals surface area contributed by atoms with Gasteiger partial charge in [-0.25, -0.2) is 9.18 Å². The molecule has 84 valence electrons. The Morgan fingerprint density at radius 3 is 2.62 bits per heavy atom. The number of hydrogen-bond donors (Lipinski definition) is 0. The van der Waals surface area contributed by atoms with Gasteiger partial charge in [0.05, 0.1) is 5.41 Å². The third-order valence-electron chi connectivity index (χ3n) is 2.33. The van der Waals surface area contributed by atoms with E-state index in [2.05, 4.69) is 4.98 Å². The van der Waals surface area contributed by atoms with Crippen molar-refractivity contribution in [1.82, 2.24) is 0 Å². The minimum Gasteiger partial charge on any atom is -0.370 e. The third kappa shape index (κ3) is 1.83. The summed E-state index contributed by atoms with van der Waals surface area (Å²) >= 11 is 0. The van der Waals surface area contributed by atoms with Crippen LogP contribution in [0.2, 0.25) is 0 Å². The Bertz CT molecular complexity index is 596. The second-order valence-corrected chi connectivity index (χ2v) is 4.78. The van der Waals surface area contributed by atoms with Crippen molar-refractivity contribution < 1.29 is 13.8 Å². The molecule has 16 heavy (non-hydrogen) atoms. The van der Waals surface area contributed by atoms with Crippen LogP contribution in [0.3, 0.4) is 0 Å². The zero-order valence-corrected chi connectivity index (χ0v) is 9.43. The van der Waals surface area contributed by atoms with Gasteiger partial charge in [0.15, 0.2) is 0 Å². The van der Waals surface area contributed by atoms with Crippen LogP contribution in [-0.4, -0.2) is 0 Å². The highest BCUT2D eigenvalue weighted by molar-refractivity contribution is 5.73. The Hall–Kier alpha value is -1.71. The number of benzene rings is 1. The number of nitrogens with one attached hydrogen (secondary N) is 1. The van der Waals surface area contributed by atoms with Gasteiger partial charge >= 0.3 is 11.5 Å². The van der Waals surface area contributed by atoms with Crippen LogP contribution < -0.4 is 10.6 Å². The zero-order valence-electron chi connectivity index (χ0n) is 9.43. The second kappa shape index (κ2) is 3.40. The van der Waals surface area contributed by atoms with E-state index >= 15 is 0 Å². The van der Waals surface area contributed by atoms with Gasteiger partial charge in [0.25, 0.3) is 0 Å². The van der Waals surface area contributed by atoms with Gasteiger partial charge < -0.3 is 4.42 Å². The molecule has 0 amide bonds. The van der Waals surface area contributed by atoms with Crippen molar-refractivity contribution in [2.45, 2.75) is 26.2 Å². The molecule has 1 aromatic carbocycles. The molecule has 2 aromatic rings. The van der Waals surface area contributed by atoms with E-state index in [1.165, 1.54) is 18.2 Å². The number of halogens is 1. The van der Waals surface area contributed by atoms with E-state index in [0.29, 0.717) is 16.8 Å². The van der Waals surface area contributed by atoms with Crippen molar-refractivity contribution in [2.24, 2.45) is 0 Å². The zero-order chi connectivity index (χ0) is 11.9. The van der Waals surface area contributed by atoms with E-state index in [1.54, 1.807) is 0 Å². The molecule has 0 saturated carbocycles. The molecule has 0 aliphatic carbocycles. The SMILES string of the molecule is CC(C)(C)c1[nH+]c2cc(F)ccc2c(=O)o1. The molecule has 0 bridgehead atoms. The van der Waals surface area contributed by atoms with Crippen LogP contribution in [0.25, 0.3) is 10.9 Å². The minimum atomic E-state index is -0.446. The van der Waals surface area contributed by atoms with Crippen molar-refractivity contribution in [1.29, 1.82) is 0 Å². The first kappa shape index (κ1) is 10.8. The summed E-state index contributed by atoms with van der Waals surface area (Å²) in [6, 6.07) is 3.95. The van der Waals surface area contributed by atoms with Crippen LogP contribution in [0.1, 0.15) is 26.7 Å². The predicted molar refractivity (Wildman–Crippen MR) is 57.7 cm³/mol. The summed E-state index contributed by atoms with van der Waals surface area (Å²) in [6.07, 6.45) is 0. The topological polar surface area (TPSA) is 44.4 Å². The summed E-state index contributed by atoms with van der Waals surface area (Å²) in [6.45, 7) is 5.73. The maximum absolute atomic E-state index is 13.0. The van der Waals surface area contributed by atoms with Crippen LogP contribution in [0, 0.1) is 5.82 Å². The highest BCUT2D eigenvalue weighted by Crippen LogP contribution is 2.17. The van der Waals surface area contributed by atoms with Gasteiger partial charge in [-0.2, -0.15) is 4.98 Å². The van der Waals surface area contributed by atoms with E-state index in [1.807, 2.05) is 20.8 Å². The van der Waals surface area contributed by atoms with Crippen molar-refractivity contribution >= 4 is 10.9 Å². The monoisotopic (exact) mass is 222 g/mol. The molecule has 1 heterocycles. The largest absolute Gasteiger partial charge is 0.370 e. The fourth-order valence-electron chi connectivity index (χ4n) is 1.43. The number of aromatic amines is 1. The van der Waals surface area contributed by atoms with Crippen LogP contribution in [0.15, 0.2) is 27.4 Å². The van der Waals surface area contributed by atoms with Crippen LogP contribution in [0.5, 0.6) is 0 Å². The summed E-state index contributed by atoms with van der Waals surface area (Å²) in [5, 5.41) is 0.356. The smallest absolute Gasteiger partial charge is 0.354 e. The summed E-state index contributed by atoms with van der Waals surface area (Å²) in [5.41, 5.74) is -0.306. The summed E-state index contributed by atoms with van der Waals surface area (Å²) in [7, 11) is 0. The minimum absolute atomic E-state index is 0.320. The maximum Gasteiger partial charge on any atom is 0.354 e. The fourth-order valence-corrected chi connectivity index (χ4v) is 1.43. The number of hydrogen-bond acceptors (Lipinski definition) is 2. The Labute approximate surface area is 91.9 Å². The molecule has 1 N–H and O–H groups in total. The lowest BCUT2D eigenvalue weighted by Gasteiger charge is -2.09. The molecule has 0 aliphatic heterocycles. The van der Waals surface area contributed by atoms with E-state index in [-0.39, 0.29) is 11.2 Å². The molecule has 0 fully saturated rings. The Kier molecular flexibility index (Phi) is 2.30. The van der Waals surface area contributed by atoms with E-state index in [9.17, 15) is 9.18 Å². The van der Waals surface area contributed by atoms with Crippen molar-refractivity contribution in [3.05, 3.63) is 40.3 Å². The molecular weight excluding hydrogens is 209 g/mol. The lowest BCUT2D eigenvalue weighted by molar-refractivity contribution is -0.388. The Morgan fingerprint density at radius 2 is 2.00 bits per heavy atom. The highest BCUT2D eigenvalue weighted by Gasteiger charge is 2.26. The quantitative estimate of drug-likeness (QED) is 0.684.